The van der Waals surface area contributed by atoms with Gasteiger partial charge in [0.05, 0.1) is 5.56 Å². The quantitative estimate of drug-likeness (QED) is 0.252. The third-order valence-electron chi connectivity index (χ3n) is 5.04. The van der Waals surface area contributed by atoms with E-state index in [0.29, 0.717) is 12.0 Å². The van der Waals surface area contributed by atoms with Crippen LogP contribution >= 0.6 is 0 Å². The van der Waals surface area contributed by atoms with Gasteiger partial charge in [-0.3, -0.25) is 0 Å². The van der Waals surface area contributed by atoms with Crippen molar-refractivity contribution in [3.63, 3.8) is 0 Å². The van der Waals surface area contributed by atoms with E-state index in [2.05, 4.69) is 6.92 Å². The fourth-order valence-corrected chi connectivity index (χ4v) is 3.39. The number of unbranched alkanes of at least 4 members (excludes halogenated alkanes) is 4. The second-order valence-corrected chi connectivity index (χ2v) is 7.34. The van der Waals surface area contributed by atoms with E-state index in [1.165, 1.54) is 12.1 Å². The lowest BCUT2D eigenvalue weighted by Crippen LogP contribution is -2.23. The molecule has 0 amide bonds. The monoisotopic (exact) mass is 422 g/mol. The van der Waals surface area contributed by atoms with E-state index in [1.807, 2.05) is 0 Å². The van der Waals surface area contributed by atoms with Gasteiger partial charge in [-0.15, -0.1) is 0 Å². The molecule has 0 saturated carbocycles. The Hall–Kier alpha value is -2.63. The number of benzene rings is 3. The number of alkyl halides is 2. The Balaban J connectivity index is 1.73. The Morgan fingerprint density at radius 2 is 1.57 bits per heavy atom. The minimum atomic E-state index is -3.92. The van der Waals surface area contributed by atoms with Crippen LogP contribution in [0.15, 0.2) is 48.5 Å². The molecule has 0 N–H and O–H groups in total. The van der Waals surface area contributed by atoms with Gasteiger partial charge in [-0.05, 0) is 60.2 Å². The third-order valence-corrected chi connectivity index (χ3v) is 5.04. The summed E-state index contributed by atoms with van der Waals surface area (Å²) < 4.78 is 75.3. The Morgan fingerprint density at radius 1 is 0.800 bits per heavy atom. The van der Waals surface area contributed by atoms with Crippen molar-refractivity contribution < 1.29 is 26.7 Å². The van der Waals surface area contributed by atoms with Crippen LogP contribution in [-0.2, 0) is 12.5 Å². The van der Waals surface area contributed by atoms with Crippen LogP contribution in [0.4, 0.5) is 22.0 Å². The average molecular weight is 422 g/mol. The second kappa shape index (κ2) is 9.45. The van der Waals surface area contributed by atoms with Gasteiger partial charge in [0.1, 0.15) is 11.6 Å². The fourth-order valence-electron chi connectivity index (χ4n) is 3.39. The van der Waals surface area contributed by atoms with Crippen molar-refractivity contribution >= 4 is 10.8 Å². The van der Waals surface area contributed by atoms with Gasteiger partial charge in [0, 0.05) is 5.39 Å². The van der Waals surface area contributed by atoms with Crippen molar-refractivity contribution in [3.8, 4) is 5.75 Å². The van der Waals surface area contributed by atoms with Crippen LogP contribution in [0.2, 0.25) is 0 Å². The lowest BCUT2D eigenvalue weighted by molar-refractivity contribution is -0.187. The van der Waals surface area contributed by atoms with Crippen LogP contribution in [0, 0.1) is 17.5 Å². The van der Waals surface area contributed by atoms with E-state index in [4.69, 9.17) is 4.74 Å². The Kier molecular flexibility index (Phi) is 6.95. The molecule has 0 bridgehead atoms. The number of rotatable bonds is 9. The van der Waals surface area contributed by atoms with Crippen molar-refractivity contribution in [3.05, 3.63) is 77.1 Å². The molecule has 1 nitrogen and oxygen atoms in total. The van der Waals surface area contributed by atoms with Crippen LogP contribution in [0.3, 0.4) is 0 Å². The summed E-state index contributed by atoms with van der Waals surface area (Å²) in [5.41, 5.74) is -0.214. The van der Waals surface area contributed by atoms with Crippen molar-refractivity contribution in [2.75, 3.05) is 0 Å². The third kappa shape index (κ3) is 5.10. The highest BCUT2D eigenvalue weighted by molar-refractivity contribution is 5.84. The molecule has 0 fully saturated rings. The minimum absolute atomic E-state index is 0.0554. The van der Waals surface area contributed by atoms with Crippen molar-refractivity contribution in [2.24, 2.45) is 0 Å². The lowest BCUT2D eigenvalue weighted by Gasteiger charge is -2.19. The molecule has 3 rings (SSSR count). The highest BCUT2D eigenvalue weighted by Crippen LogP contribution is 2.35. The van der Waals surface area contributed by atoms with Gasteiger partial charge < -0.3 is 4.74 Å². The molecular formula is C24H23F5O. The molecule has 0 heterocycles. The molecule has 3 aromatic carbocycles. The molecule has 160 valence electrons. The molecule has 0 aliphatic carbocycles. The first-order valence-electron chi connectivity index (χ1n) is 10.1. The van der Waals surface area contributed by atoms with Gasteiger partial charge in [-0.25, -0.2) is 13.2 Å². The summed E-state index contributed by atoms with van der Waals surface area (Å²) in [6.07, 6.45) is 1.97. The summed E-state index contributed by atoms with van der Waals surface area (Å²) in [6, 6.07) is 9.20. The molecule has 0 unspecified atom stereocenters. The van der Waals surface area contributed by atoms with E-state index in [1.54, 1.807) is 0 Å². The van der Waals surface area contributed by atoms with E-state index in [9.17, 15) is 22.0 Å². The molecule has 30 heavy (non-hydrogen) atoms. The number of hydrogen-bond acceptors (Lipinski definition) is 1. The van der Waals surface area contributed by atoms with Crippen molar-refractivity contribution in [2.45, 2.75) is 51.6 Å². The highest BCUT2D eigenvalue weighted by Gasteiger charge is 2.37. The molecule has 0 aliphatic rings. The Morgan fingerprint density at radius 3 is 2.30 bits per heavy atom. The number of halogens is 5. The summed E-state index contributed by atoms with van der Waals surface area (Å²) in [7, 11) is 0. The van der Waals surface area contributed by atoms with E-state index in [0.717, 1.165) is 68.5 Å². The number of aryl methyl sites for hydroxylation is 1. The maximum Gasteiger partial charge on any atom is 0.429 e. The first kappa shape index (κ1) is 22.1. The molecule has 0 spiro atoms. The summed E-state index contributed by atoms with van der Waals surface area (Å²) >= 11 is 0. The highest BCUT2D eigenvalue weighted by atomic mass is 19.3. The molecule has 6 heteroatoms. The van der Waals surface area contributed by atoms with Gasteiger partial charge in [0.2, 0.25) is 0 Å². The zero-order chi connectivity index (χ0) is 21.7. The van der Waals surface area contributed by atoms with Crippen LogP contribution in [-0.4, -0.2) is 0 Å². The maximum absolute atomic E-state index is 14.6. The zero-order valence-corrected chi connectivity index (χ0v) is 16.7. The minimum Gasteiger partial charge on any atom is -0.429 e. The van der Waals surface area contributed by atoms with Crippen molar-refractivity contribution in [1.82, 2.24) is 0 Å². The van der Waals surface area contributed by atoms with Gasteiger partial charge >= 0.3 is 6.11 Å². The SMILES string of the molecule is CCCCCCCc1ccc(C(F)(F)Oc2ccc3c(F)c(F)ccc3c2)c(F)c1. The molecule has 0 radical (unpaired) electrons. The van der Waals surface area contributed by atoms with E-state index >= 15 is 0 Å². The van der Waals surface area contributed by atoms with Gasteiger partial charge in [0.15, 0.2) is 11.6 Å². The van der Waals surface area contributed by atoms with Crippen LogP contribution < -0.4 is 4.74 Å². The van der Waals surface area contributed by atoms with Crippen molar-refractivity contribution in [1.29, 1.82) is 0 Å². The van der Waals surface area contributed by atoms with Gasteiger partial charge in [0.25, 0.3) is 0 Å². The number of fused-ring (bicyclic) bond motifs is 1. The standard InChI is InChI=1S/C24H23F5O/c1-2-3-4-5-6-7-16-8-12-20(22(26)14-16)24(28,29)30-18-10-11-19-17(15-18)9-13-21(25)23(19)27/h8-15H,2-7H2,1H3. The maximum atomic E-state index is 14.6. The molecule has 0 aliphatic heterocycles. The van der Waals surface area contributed by atoms with Gasteiger partial charge in [-0.2, -0.15) is 8.78 Å². The number of hydrogen-bond donors (Lipinski definition) is 0. The summed E-state index contributed by atoms with van der Waals surface area (Å²) in [6.45, 7) is 2.12. The molecule has 3 aromatic rings. The Bertz CT molecular complexity index is 1020. The average Bonchev–Trinajstić information content (AvgIpc) is 2.70. The topological polar surface area (TPSA) is 9.23 Å². The largest absolute Gasteiger partial charge is 0.429 e. The van der Waals surface area contributed by atoms with Gasteiger partial charge in [-0.1, -0.05) is 44.7 Å². The molecule has 0 atom stereocenters. The van der Waals surface area contributed by atoms with Crippen LogP contribution in [0.1, 0.15) is 50.2 Å². The smallest absolute Gasteiger partial charge is 0.429 e. The normalized spacial score (nSPS) is 11.8. The first-order valence-corrected chi connectivity index (χ1v) is 10.1. The Labute approximate surface area is 172 Å². The molecule has 0 aromatic heterocycles. The number of ether oxygens (including phenoxy) is 1. The predicted octanol–water partition coefficient (Wildman–Crippen LogP) is 7.90. The predicted molar refractivity (Wildman–Crippen MR) is 107 cm³/mol. The second-order valence-electron chi connectivity index (χ2n) is 7.34. The molecule has 0 saturated heterocycles. The lowest BCUT2D eigenvalue weighted by atomic mass is 10.0. The summed E-state index contributed by atoms with van der Waals surface area (Å²) in [5.74, 6) is -3.42. The van der Waals surface area contributed by atoms with E-state index < -0.39 is 29.1 Å². The fraction of sp³-hybridized carbons (Fsp3) is 0.333. The van der Waals surface area contributed by atoms with Crippen LogP contribution in [0.5, 0.6) is 5.75 Å². The summed E-state index contributed by atoms with van der Waals surface area (Å²) in [5, 5.41) is 0.140. The van der Waals surface area contributed by atoms with Crippen LogP contribution in [0.25, 0.3) is 10.8 Å². The molecular weight excluding hydrogens is 399 g/mol. The summed E-state index contributed by atoms with van der Waals surface area (Å²) in [4.78, 5) is 0. The first-order chi connectivity index (χ1) is 14.3. The zero-order valence-electron chi connectivity index (χ0n) is 16.7. The van der Waals surface area contributed by atoms with E-state index in [-0.39, 0.29) is 16.5 Å².